The fourth-order valence-corrected chi connectivity index (χ4v) is 1.37. The highest BCUT2D eigenvalue weighted by molar-refractivity contribution is 5.96. The second kappa shape index (κ2) is 5.61. The van der Waals surface area contributed by atoms with E-state index in [1.807, 2.05) is 48.5 Å². The van der Waals surface area contributed by atoms with E-state index in [9.17, 15) is 4.79 Å². The molecule has 0 aliphatic carbocycles. The molecule has 0 saturated carbocycles. The number of carbonyl (C=O) groups excluding carboxylic acids is 1. The minimum atomic E-state index is -0.162. The Labute approximate surface area is 100 Å². The molecule has 0 spiro atoms. The van der Waals surface area contributed by atoms with Gasteiger partial charge in [0.25, 0.3) is 5.91 Å². The Kier molecular flexibility index (Phi) is 3.65. The fourth-order valence-electron chi connectivity index (χ4n) is 1.37. The molecule has 0 aliphatic heterocycles. The molecule has 0 aliphatic rings. The number of carbonyl (C=O) groups is 1. The van der Waals surface area contributed by atoms with Crippen LogP contribution in [0.5, 0.6) is 0 Å². The Morgan fingerprint density at radius 3 is 2.35 bits per heavy atom. The van der Waals surface area contributed by atoms with Crippen LogP contribution in [-0.2, 0) is 4.79 Å². The lowest BCUT2D eigenvalue weighted by Crippen LogP contribution is -2.46. The van der Waals surface area contributed by atoms with Crippen LogP contribution >= 0.6 is 0 Å². The number of benzene rings is 1. The second-order valence-corrected chi connectivity index (χ2v) is 3.50. The Balaban J connectivity index is 1.96. The van der Waals surface area contributed by atoms with Gasteiger partial charge in [0, 0.05) is 18.2 Å². The SMILES string of the molecule is O=C(C=Cc1ccccc1)N[n+]1ccccc1. The summed E-state index contributed by atoms with van der Waals surface area (Å²) >= 11 is 0. The molecule has 17 heavy (non-hydrogen) atoms. The molecule has 0 unspecified atom stereocenters. The summed E-state index contributed by atoms with van der Waals surface area (Å²) in [6, 6.07) is 15.3. The molecule has 2 rings (SSSR count). The van der Waals surface area contributed by atoms with E-state index in [-0.39, 0.29) is 5.91 Å². The summed E-state index contributed by atoms with van der Waals surface area (Å²) in [6.45, 7) is 0. The monoisotopic (exact) mass is 225 g/mol. The van der Waals surface area contributed by atoms with E-state index in [0.717, 1.165) is 5.56 Å². The summed E-state index contributed by atoms with van der Waals surface area (Å²) in [5.74, 6) is -0.162. The Morgan fingerprint density at radius 1 is 1.00 bits per heavy atom. The van der Waals surface area contributed by atoms with Gasteiger partial charge in [0.1, 0.15) is 0 Å². The van der Waals surface area contributed by atoms with Crippen LogP contribution in [0.3, 0.4) is 0 Å². The van der Waals surface area contributed by atoms with Crippen LogP contribution in [0.2, 0.25) is 0 Å². The van der Waals surface area contributed by atoms with Gasteiger partial charge in [-0.3, -0.25) is 4.79 Å². The molecule has 2 aromatic rings. The van der Waals surface area contributed by atoms with E-state index < -0.39 is 0 Å². The third-order valence-electron chi connectivity index (χ3n) is 2.18. The summed E-state index contributed by atoms with van der Waals surface area (Å²) in [4.78, 5) is 11.6. The maximum Gasteiger partial charge on any atom is 0.298 e. The number of nitrogens with one attached hydrogen (secondary N) is 1. The lowest BCUT2D eigenvalue weighted by molar-refractivity contribution is -0.642. The van der Waals surface area contributed by atoms with Gasteiger partial charge in [-0.2, -0.15) is 0 Å². The Hall–Kier alpha value is -2.42. The smallest absolute Gasteiger partial charge is 0.264 e. The number of nitrogens with zero attached hydrogens (tertiary/aromatic N) is 1. The molecule has 1 heterocycles. The highest BCUT2D eigenvalue weighted by Crippen LogP contribution is 2.00. The lowest BCUT2D eigenvalue weighted by Gasteiger charge is -1.94. The van der Waals surface area contributed by atoms with Crippen molar-refractivity contribution in [3.8, 4) is 0 Å². The van der Waals surface area contributed by atoms with Gasteiger partial charge in [0.2, 0.25) is 0 Å². The molecule has 0 atom stereocenters. The zero-order valence-corrected chi connectivity index (χ0v) is 9.28. The van der Waals surface area contributed by atoms with Crippen LogP contribution in [0.1, 0.15) is 5.56 Å². The number of aromatic nitrogens is 1. The molecule has 1 aromatic heterocycles. The van der Waals surface area contributed by atoms with Crippen molar-refractivity contribution in [1.82, 2.24) is 0 Å². The van der Waals surface area contributed by atoms with Crippen LogP contribution < -0.4 is 10.1 Å². The van der Waals surface area contributed by atoms with Gasteiger partial charge in [0.05, 0.1) is 0 Å². The number of hydrogen-bond acceptors (Lipinski definition) is 1. The largest absolute Gasteiger partial charge is 0.298 e. The van der Waals surface area contributed by atoms with Crippen LogP contribution in [0.25, 0.3) is 6.08 Å². The maximum atomic E-state index is 11.6. The third kappa shape index (κ3) is 3.57. The summed E-state index contributed by atoms with van der Waals surface area (Å²) in [6.07, 6.45) is 6.83. The lowest BCUT2D eigenvalue weighted by atomic mass is 10.2. The zero-order chi connectivity index (χ0) is 11.9. The molecule has 3 nitrogen and oxygen atoms in total. The molecule has 1 amide bonds. The van der Waals surface area contributed by atoms with E-state index >= 15 is 0 Å². The third-order valence-corrected chi connectivity index (χ3v) is 2.18. The molecule has 0 fully saturated rings. The van der Waals surface area contributed by atoms with E-state index in [1.54, 1.807) is 23.1 Å². The van der Waals surface area contributed by atoms with Crippen molar-refractivity contribution in [2.75, 3.05) is 5.43 Å². The van der Waals surface area contributed by atoms with Crippen molar-refractivity contribution in [3.63, 3.8) is 0 Å². The molecule has 1 aromatic carbocycles. The number of amides is 1. The molecule has 1 N–H and O–H groups in total. The molecule has 0 radical (unpaired) electrons. The van der Waals surface area contributed by atoms with Gasteiger partial charge in [-0.15, -0.1) is 5.43 Å². The molecular weight excluding hydrogens is 212 g/mol. The summed E-state index contributed by atoms with van der Waals surface area (Å²) in [5.41, 5.74) is 3.70. The van der Waals surface area contributed by atoms with E-state index in [0.29, 0.717) is 0 Å². The number of rotatable bonds is 3. The first-order chi connectivity index (χ1) is 8.34. The van der Waals surface area contributed by atoms with Crippen LogP contribution in [0, 0.1) is 0 Å². The highest BCUT2D eigenvalue weighted by atomic mass is 16.2. The van der Waals surface area contributed by atoms with Crippen molar-refractivity contribution >= 4 is 12.0 Å². The topological polar surface area (TPSA) is 33.0 Å². The maximum absolute atomic E-state index is 11.6. The molecule has 0 saturated heterocycles. The van der Waals surface area contributed by atoms with Gasteiger partial charge in [-0.25, -0.2) is 0 Å². The number of hydrogen-bond donors (Lipinski definition) is 1. The van der Waals surface area contributed by atoms with Crippen molar-refractivity contribution < 1.29 is 9.47 Å². The highest BCUT2D eigenvalue weighted by Gasteiger charge is 2.01. The predicted octanol–water partition coefficient (Wildman–Crippen LogP) is 1.76. The van der Waals surface area contributed by atoms with Gasteiger partial charge in [-0.1, -0.05) is 41.1 Å². The average Bonchev–Trinajstić information content (AvgIpc) is 2.39. The van der Waals surface area contributed by atoms with Gasteiger partial charge < -0.3 is 0 Å². The van der Waals surface area contributed by atoms with Crippen molar-refractivity contribution in [3.05, 3.63) is 72.6 Å². The molecule has 3 heteroatoms. The van der Waals surface area contributed by atoms with E-state index in [2.05, 4.69) is 5.43 Å². The molecule has 84 valence electrons. The standard InChI is InChI=1S/C14H12N2O/c17-14(15-16-11-5-2-6-12-16)10-9-13-7-3-1-4-8-13/h1-12H/p+1. The minimum Gasteiger partial charge on any atom is -0.264 e. The van der Waals surface area contributed by atoms with Crippen molar-refractivity contribution in [2.45, 2.75) is 0 Å². The summed E-state index contributed by atoms with van der Waals surface area (Å²) in [5, 5.41) is 0. The number of pyridine rings is 1. The van der Waals surface area contributed by atoms with Crippen LogP contribution in [0.15, 0.2) is 67.0 Å². The first kappa shape index (κ1) is 11.1. The first-order valence-corrected chi connectivity index (χ1v) is 5.35. The second-order valence-electron chi connectivity index (χ2n) is 3.50. The molecular formula is C14H13N2O+. The quantitative estimate of drug-likeness (QED) is 0.626. The van der Waals surface area contributed by atoms with E-state index in [4.69, 9.17) is 0 Å². The van der Waals surface area contributed by atoms with Gasteiger partial charge in [0.15, 0.2) is 12.4 Å². The van der Waals surface area contributed by atoms with Crippen molar-refractivity contribution in [1.29, 1.82) is 0 Å². The predicted molar refractivity (Wildman–Crippen MR) is 66.5 cm³/mol. The fraction of sp³-hybridized carbons (Fsp3) is 0. The molecule has 0 bridgehead atoms. The first-order valence-electron chi connectivity index (χ1n) is 5.35. The zero-order valence-electron chi connectivity index (χ0n) is 9.28. The van der Waals surface area contributed by atoms with Gasteiger partial charge >= 0.3 is 0 Å². The Morgan fingerprint density at radius 2 is 1.65 bits per heavy atom. The van der Waals surface area contributed by atoms with E-state index in [1.165, 1.54) is 6.08 Å². The normalized spacial score (nSPS) is 10.4. The van der Waals surface area contributed by atoms with Crippen molar-refractivity contribution in [2.24, 2.45) is 0 Å². The summed E-state index contributed by atoms with van der Waals surface area (Å²) < 4.78 is 1.61. The van der Waals surface area contributed by atoms with Gasteiger partial charge in [-0.05, 0) is 11.6 Å². The van der Waals surface area contributed by atoms with Crippen LogP contribution in [0.4, 0.5) is 0 Å². The summed E-state index contributed by atoms with van der Waals surface area (Å²) in [7, 11) is 0. The average molecular weight is 225 g/mol. The minimum absolute atomic E-state index is 0.162. The Bertz CT molecular complexity index is 506. The van der Waals surface area contributed by atoms with Crippen LogP contribution in [-0.4, -0.2) is 5.91 Å².